The quantitative estimate of drug-likeness (QED) is 0.759. The van der Waals surface area contributed by atoms with Crippen LogP contribution in [0.4, 0.5) is 4.79 Å². The first-order valence-electron chi connectivity index (χ1n) is 5.64. The molecule has 88 valence electrons. The molecule has 0 saturated carbocycles. The first kappa shape index (κ1) is 12.3. The maximum atomic E-state index is 11.9. The fraction of sp³-hybridized carbons (Fsp3) is 0.909. The lowest BCUT2D eigenvalue weighted by Crippen LogP contribution is -2.44. The zero-order valence-corrected chi connectivity index (χ0v) is 10.2. The van der Waals surface area contributed by atoms with Crippen LogP contribution in [0, 0.1) is 0 Å². The summed E-state index contributed by atoms with van der Waals surface area (Å²) < 4.78 is 5.36. The molecule has 1 rings (SSSR count). The minimum atomic E-state index is -0.406. The third kappa shape index (κ3) is 3.70. The molecule has 0 unspecified atom stereocenters. The van der Waals surface area contributed by atoms with E-state index < -0.39 is 5.60 Å². The van der Waals surface area contributed by atoms with E-state index in [0.29, 0.717) is 12.6 Å². The molecule has 15 heavy (non-hydrogen) atoms. The van der Waals surface area contributed by atoms with Gasteiger partial charge in [0.05, 0.1) is 0 Å². The van der Waals surface area contributed by atoms with Crippen LogP contribution in [0.1, 0.15) is 34.1 Å². The van der Waals surface area contributed by atoms with Crippen molar-refractivity contribution in [3.8, 4) is 0 Å². The zero-order valence-electron chi connectivity index (χ0n) is 10.2. The number of hydrogen-bond acceptors (Lipinski definition) is 3. The Morgan fingerprint density at radius 3 is 2.60 bits per heavy atom. The largest absolute Gasteiger partial charge is 0.444 e. The maximum Gasteiger partial charge on any atom is 0.410 e. The fourth-order valence-corrected chi connectivity index (χ4v) is 1.76. The van der Waals surface area contributed by atoms with E-state index in [4.69, 9.17) is 4.74 Å². The van der Waals surface area contributed by atoms with Gasteiger partial charge >= 0.3 is 6.09 Å². The Labute approximate surface area is 92.0 Å². The number of likely N-dealkylation sites (N-methyl/N-ethyl adjacent to an activating group) is 1. The summed E-state index contributed by atoms with van der Waals surface area (Å²) in [4.78, 5) is 13.7. The van der Waals surface area contributed by atoms with E-state index >= 15 is 0 Å². The molecule has 4 nitrogen and oxygen atoms in total. The molecule has 1 heterocycles. The van der Waals surface area contributed by atoms with Gasteiger partial charge in [0, 0.05) is 19.1 Å². The molecule has 0 radical (unpaired) electrons. The van der Waals surface area contributed by atoms with E-state index in [0.717, 1.165) is 19.5 Å². The normalized spacial score (nSPS) is 21.5. The van der Waals surface area contributed by atoms with Crippen molar-refractivity contribution in [1.29, 1.82) is 0 Å². The number of amides is 1. The van der Waals surface area contributed by atoms with E-state index in [1.54, 1.807) is 0 Å². The van der Waals surface area contributed by atoms with Crippen molar-refractivity contribution in [3.63, 3.8) is 0 Å². The second-order valence-corrected chi connectivity index (χ2v) is 4.91. The highest BCUT2D eigenvalue weighted by Gasteiger charge is 2.28. The van der Waals surface area contributed by atoms with Crippen LogP contribution in [-0.2, 0) is 4.74 Å². The van der Waals surface area contributed by atoms with Crippen molar-refractivity contribution >= 4 is 6.09 Å². The molecule has 1 atom stereocenters. The summed E-state index contributed by atoms with van der Waals surface area (Å²) in [6.45, 7) is 10.3. The van der Waals surface area contributed by atoms with E-state index in [1.165, 1.54) is 0 Å². The lowest BCUT2D eigenvalue weighted by Gasteiger charge is -2.30. The molecule has 1 aliphatic heterocycles. The van der Waals surface area contributed by atoms with Crippen LogP contribution in [0.3, 0.4) is 0 Å². The molecular weight excluding hydrogens is 192 g/mol. The van der Waals surface area contributed by atoms with E-state index in [1.807, 2.05) is 32.6 Å². The first-order chi connectivity index (χ1) is 6.94. The number of ether oxygens (including phenoxy) is 1. The predicted molar refractivity (Wildman–Crippen MR) is 59.9 cm³/mol. The molecule has 1 N–H and O–H groups in total. The lowest BCUT2D eigenvalue weighted by molar-refractivity contribution is 0.0189. The van der Waals surface area contributed by atoms with Crippen LogP contribution < -0.4 is 5.32 Å². The summed E-state index contributed by atoms with van der Waals surface area (Å²) in [5.41, 5.74) is -0.406. The van der Waals surface area contributed by atoms with Gasteiger partial charge in [0.2, 0.25) is 0 Å². The number of nitrogens with zero attached hydrogens (tertiary/aromatic N) is 1. The second-order valence-electron chi connectivity index (χ2n) is 4.91. The highest BCUT2D eigenvalue weighted by Crippen LogP contribution is 2.14. The molecule has 0 spiro atoms. The minimum Gasteiger partial charge on any atom is -0.444 e. The Morgan fingerprint density at radius 1 is 1.53 bits per heavy atom. The molecule has 0 aromatic carbocycles. The summed E-state index contributed by atoms with van der Waals surface area (Å²) in [6.07, 6.45) is 0.825. The number of carbonyl (C=O) groups is 1. The van der Waals surface area contributed by atoms with Crippen LogP contribution in [0.5, 0.6) is 0 Å². The molecule has 4 heteroatoms. The van der Waals surface area contributed by atoms with Gasteiger partial charge in [0.15, 0.2) is 0 Å². The molecule has 0 aromatic heterocycles. The standard InChI is InChI=1S/C11H22N2O2/c1-5-13(9-6-7-12-8-9)10(14)15-11(2,3)4/h9,12H,5-8H2,1-4H3/t9-/m1/s1. The third-order valence-electron chi connectivity index (χ3n) is 2.44. The Kier molecular flexibility index (Phi) is 3.97. The van der Waals surface area contributed by atoms with Gasteiger partial charge in [-0.1, -0.05) is 0 Å². The molecule has 1 aliphatic rings. The number of carbonyl (C=O) groups excluding carboxylic acids is 1. The highest BCUT2D eigenvalue weighted by molar-refractivity contribution is 5.68. The van der Waals surface area contributed by atoms with Gasteiger partial charge in [-0.25, -0.2) is 4.79 Å². The first-order valence-corrected chi connectivity index (χ1v) is 5.64. The Balaban J connectivity index is 2.53. The van der Waals surface area contributed by atoms with Gasteiger partial charge in [0.1, 0.15) is 5.60 Å². The van der Waals surface area contributed by atoms with Crippen molar-refractivity contribution in [2.75, 3.05) is 19.6 Å². The fourth-order valence-electron chi connectivity index (χ4n) is 1.76. The van der Waals surface area contributed by atoms with Crippen LogP contribution in [0.25, 0.3) is 0 Å². The summed E-state index contributed by atoms with van der Waals surface area (Å²) >= 11 is 0. The van der Waals surface area contributed by atoms with Crippen molar-refractivity contribution in [2.24, 2.45) is 0 Å². The summed E-state index contributed by atoms with van der Waals surface area (Å²) in [5.74, 6) is 0. The summed E-state index contributed by atoms with van der Waals surface area (Å²) in [5, 5.41) is 3.26. The van der Waals surface area contributed by atoms with Crippen molar-refractivity contribution in [1.82, 2.24) is 10.2 Å². The smallest absolute Gasteiger partial charge is 0.410 e. The highest BCUT2D eigenvalue weighted by atomic mass is 16.6. The molecule has 1 fully saturated rings. The Bertz CT molecular complexity index is 217. The van der Waals surface area contributed by atoms with Crippen molar-refractivity contribution in [2.45, 2.75) is 45.8 Å². The number of rotatable bonds is 2. The molecule has 0 aliphatic carbocycles. The second kappa shape index (κ2) is 4.84. The number of hydrogen-bond donors (Lipinski definition) is 1. The van der Waals surface area contributed by atoms with Gasteiger partial charge in [-0.3, -0.25) is 0 Å². The van der Waals surface area contributed by atoms with Crippen LogP contribution in [0.2, 0.25) is 0 Å². The molecule has 0 aromatic rings. The zero-order chi connectivity index (χ0) is 11.5. The Morgan fingerprint density at radius 2 is 2.20 bits per heavy atom. The molecule has 1 saturated heterocycles. The van der Waals surface area contributed by atoms with Gasteiger partial charge in [-0.15, -0.1) is 0 Å². The SMILES string of the molecule is CCN(C(=O)OC(C)(C)C)[C@@H]1CCNC1. The summed E-state index contributed by atoms with van der Waals surface area (Å²) in [6, 6.07) is 0.296. The van der Waals surface area contributed by atoms with Gasteiger partial charge in [-0.05, 0) is 40.7 Å². The average Bonchev–Trinajstić information content (AvgIpc) is 2.54. The van der Waals surface area contributed by atoms with Crippen molar-refractivity contribution < 1.29 is 9.53 Å². The summed E-state index contributed by atoms with van der Waals surface area (Å²) in [7, 11) is 0. The number of nitrogens with one attached hydrogen (secondary N) is 1. The van der Waals surface area contributed by atoms with Crippen molar-refractivity contribution in [3.05, 3.63) is 0 Å². The minimum absolute atomic E-state index is 0.196. The van der Waals surface area contributed by atoms with Gasteiger partial charge in [0.25, 0.3) is 0 Å². The monoisotopic (exact) mass is 214 g/mol. The third-order valence-corrected chi connectivity index (χ3v) is 2.44. The van der Waals surface area contributed by atoms with E-state index in [-0.39, 0.29) is 6.09 Å². The van der Waals surface area contributed by atoms with Gasteiger partial charge < -0.3 is 15.0 Å². The molecule has 1 amide bonds. The topological polar surface area (TPSA) is 41.6 Å². The average molecular weight is 214 g/mol. The van der Waals surface area contributed by atoms with E-state index in [9.17, 15) is 4.79 Å². The van der Waals surface area contributed by atoms with Crippen LogP contribution in [-0.4, -0.2) is 42.3 Å². The lowest BCUT2D eigenvalue weighted by atomic mass is 10.2. The molecular formula is C11H22N2O2. The van der Waals surface area contributed by atoms with Gasteiger partial charge in [-0.2, -0.15) is 0 Å². The molecule has 0 bridgehead atoms. The maximum absolute atomic E-state index is 11.9. The predicted octanol–water partition coefficient (Wildman–Crippen LogP) is 1.61. The Hall–Kier alpha value is -0.770. The van der Waals surface area contributed by atoms with Crippen LogP contribution in [0.15, 0.2) is 0 Å². The van der Waals surface area contributed by atoms with Crippen LogP contribution >= 0.6 is 0 Å². The van der Waals surface area contributed by atoms with E-state index in [2.05, 4.69) is 5.32 Å².